The Hall–Kier alpha value is -15.8. The van der Waals surface area contributed by atoms with Gasteiger partial charge in [-0.3, -0.25) is 0 Å². The number of para-hydroxylation sites is 5. The Balaban J connectivity index is 0.611. The van der Waals surface area contributed by atoms with Gasteiger partial charge >= 0.3 is 0 Å². The van der Waals surface area contributed by atoms with Gasteiger partial charge < -0.3 is 17.7 Å². The second kappa shape index (κ2) is 25.9. The van der Waals surface area contributed by atoms with Crippen LogP contribution in [0.2, 0.25) is 0 Å². The predicted molar refractivity (Wildman–Crippen MR) is 472 cm³/mol. The van der Waals surface area contributed by atoms with Crippen molar-refractivity contribution in [1.82, 2.24) is 29.9 Å². The quantitative estimate of drug-likeness (QED) is 0.123. The zero-order valence-electron chi connectivity index (χ0n) is 62.0. The molecule has 10 nitrogen and oxygen atoms in total. The summed E-state index contributed by atoms with van der Waals surface area (Å²) in [6, 6.07) is 127. The molecule has 0 unspecified atom stereocenters. The van der Waals surface area contributed by atoms with Crippen LogP contribution in [0.5, 0.6) is 0 Å². The molecule has 116 heavy (non-hydrogen) atoms. The fourth-order valence-electron chi connectivity index (χ4n) is 17.8. The van der Waals surface area contributed by atoms with E-state index in [9.17, 15) is 0 Å². The highest BCUT2D eigenvalue weighted by atomic mass is 16.3. The molecule has 6 heterocycles. The van der Waals surface area contributed by atoms with E-state index in [1.165, 1.54) is 10.8 Å². The lowest BCUT2D eigenvalue weighted by molar-refractivity contribution is 0.669. The number of hydrogen-bond acceptors (Lipinski definition) is 10. The first-order valence-electron chi connectivity index (χ1n) is 38.9. The smallest absolute Gasteiger partial charge is 0.167 e. The fourth-order valence-corrected chi connectivity index (χ4v) is 17.8. The third-order valence-corrected chi connectivity index (χ3v) is 23.2. The van der Waals surface area contributed by atoms with Gasteiger partial charge in [-0.05, 0) is 166 Å². The number of benzene rings is 18. The summed E-state index contributed by atoms with van der Waals surface area (Å²) in [7, 11) is 0. The Labute approximate surface area is 662 Å². The summed E-state index contributed by atoms with van der Waals surface area (Å²) in [6.07, 6.45) is 0. The van der Waals surface area contributed by atoms with Crippen molar-refractivity contribution in [3.8, 4) is 124 Å². The number of aromatic nitrogens is 6. The third kappa shape index (κ3) is 10.4. The molecule has 0 amide bonds. The first-order valence-corrected chi connectivity index (χ1v) is 38.9. The van der Waals surface area contributed by atoms with Crippen LogP contribution in [-0.2, 0) is 0 Å². The van der Waals surface area contributed by atoms with E-state index >= 15 is 0 Å². The molecular formula is C106H60N6O4. The highest BCUT2D eigenvalue weighted by Gasteiger charge is 2.27. The summed E-state index contributed by atoms with van der Waals surface area (Å²) in [5, 5.41) is 16.8. The topological polar surface area (TPSA) is 130 Å². The van der Waals surface area contributed by atoms with Gasteiger partial charge in [0.2, 0.25) is 0 Å². The maximum atomic E-state index is 7.19. The zero-order chi connectivity index (χ0) is 76.1. The van der Waals surface area contributed by atoms with Crippen LogP contribution >= 0.6 is 0 Å². The molecule has 0 radical (unpaired) electrons. The van der Waals surface area contributed by atoms with Gasteiger partial charge in [0, 0.05) is 76.5 Å². The van der Waals surface area contributed by atoms with Crippen LogP contribution in [0.4, 0.5) is 0 Å². The molecule has 0 N–H and O–H groups in total. The molecule has 24 aromatic rings. The number of nitrogens with zero attached hydrogens (tertiary/aromatic N) is 6. The zero-order valence-corrected chi connectivity index (χ0v) is 62.0. The molecule has 0 saturated carbocycles. The molecule has 538 valence electrons. The summed E-state index contributed by atoms with van der Waals surface area (Å²) in [5.41, 5.74) is 21.8. The van der Waals surface area contributed by atoms with Crippen molar-refractivity contribution in [2.75, 3.05) is 0 Å². The van der Waals surface area contributed by atoms with Gasteiger partial charge in [0.1, 0.15) is 44.7 Å². The molecule has 0 bridgehead atoms. The van der Waals surface area contributed by atoms with Crippen LogP contribution in [0.15, 0.2) is 382 Å². The minimum absolute atomic E-state index is 0.497. The van der Waals surface area contributed by atoms with E-state index in [0.717, 1.165) is 204 Å². The average molecular weight is 1480 g/mol. The number of hydrogen-bond donors (Lipinski definition) is 0. The van der Waals surface area contributed by atoms with Gasteiger partial charge in [0.25, 0.3) is 0 Å². The lowest BCUT2D eigenvalue weighted by Crippen LogP contribution is -2.01. The third-order valence-electron chi connectivity index (χ3n) is 23.2. The molecule has 0 spiro atoms. The molecular weight excluding hydrogens is 1420 g/mol. The summed E-state index contributed by atoms with van der Waals surface area (Å²) in [5.74, 6) is 3.24. The van der Waals surface area contributed by atoms with Crippen LogP contribution in [-0.4, -0.2) is 29.9 Å². The molecule has 18 aromatic carbocycles. The second-order valence-electron chi connectivity index (χ2n) is 29.8. The summed E-state index contributed by atoms with van der Waals surface area (Å²) in [6.45, 7) is 0. The van der Waals surface area contributed by atoms with Crippen LogP contribution in [0.3, 0.4) is 0 Å². The Morgan fingerprint density at radius 3 is 1.19 bits per heavy atom. The number of rotatable bonds is 11. The highest BCUT2D eigenvalue weighted by molar-refractivity contribution is 6.23. The molecule has 0 atom stereocenters. The minimum Gasteiger partial charge on any atom is -0.455 e. The van der Waals surface area contributed by atoms with E-state index in [1.807, 2.05) is 97.1 Å². The van der Waals surface area contributed by atoms with Crippen LogP contribution in [0.1, 0.15) is 0 Å². The van der Waals surface area contributed by atoms with Gasteiger partial charge in [0.15, 0.2) is 34.9 Å². The van der Waals surface area contributed by atoms with Crippen molar-refractivity contribution in [2.24, 2.45) is 0 Å². The summed E-state index contributed by atoms with van der Waals surface area (Å²) < 4.78 is 27.7. The molecule has 0 fully saturated rings. The first-order chi connectivity index (χ1) is 57.5. The van der Waals surface area contributed by atoms with Crippen molar-refractivity contribution in [1.29, 1.82) is 0 Å². The Morgan fingerprint density at radius 2 is 0.543 bits per heavy atom. The standard InChI is InChI=1S/C106H60N6O4/c1-3-24-62(25-4-1)101-107-104(111-105(109-101)87-42-20-39-80-77-35-15-17-44-91(77)113-98(80)87)84-55-51-76(72-32-12-14-34-74(72)84)79-52-53-82(100-96(79)85-36-16-18-45-92(85)115-100)89-60-68(58-66-29-9-10-30-69(66)89)65-49-56-93-90(59-65)81-40-21-43-88(99(81)114-93)106-110-102(63-26-5-2-6-27-63)108-103(112-106)83-54-50-75(71-31-11-13-33-73(71)83)78-38-22-46-94-95(78)86-41-19-37-70(97(86)116-94)67-48-47-61-23-7-8-28-64(61)57-67/h1-60H. The number of fused-ring (bicyclic) bond motifs is 16. The molecule has 24 rings (SSSR count). The Morgan fingerprint density at radius 1 is 0.147 bits per heavy atom. The summed E-state index contributed by atoms with van der Waals surface area (Å²) in [4.78, 5) is 31.9. The van der Waals surface area contributed by atoms with Crippen LogP contribution < -0.4 is 0 Å². The maximum Gasteiger partial charge on any atom is 0.167 e. The van der Waals surface area contributed by atoms with E-state index in [-0.39, 0.29) is 0 Å². The molecule has 0 aliphatic heterocycles. The van der Waals surface area contributed by atoms with Gasteiger partial charge in [-0.1, -0.05) is 285 Å². The SMILES string of the molecule is c1ccc(-c2nc(-c3ccc(-c4cccc5oc6c(-c7ccc8ccccc8c7)cccc6c45)c4ccccc34)nc(-c3cccc4c3oc3ccc(-c5cc(-c6ccc(-c7ccc(-c8nc(-c9ccccc9)nc(-c9cccc%10c9oc9ccccc9%10)n8)c8ccccc78)c7c6oc6ccccc67)c6ccccc6c5)cc34)n2)cc1. The minimum atomic E-state index is 0.497. The maximum absolute atomic E-state index is 7.19. The second-order valence-corrected chi connectivity index (χ2v) is 29.8. The van der Waals surface area contributed by atoms with Crippen molar-refractivity contribution >= 4 is 131 Å². The fraction of sp³-hybridized carbons (Fsp3) is 0. The monoisotopic (exact) mass is 1480 g/mol. The van der Waals surface area contributed by atoms with Gasteiger partial charge in [-0.15, -0.1) is 0 Å². The van der Waals surface area contributed by atoms with Gasteiger partial charge in [-0.25, -0.2) is 29.9 Å². The van der Waals surface area contributed by atoms with Gasteiger partial charge in [0.05, 0.1) is 11.1 Å². The normalized spacial score (nSPS) is 12.0. The van der Waals surface area contributed by atoms with E-state index in [1.54, 1.807) is 0 Å². The van der Waals surface area contributed by atoms with E-state index < -0.39 is 0 Å². The molecule has 10 heteroatoms. The molecule has 0 aliphatic rings. The molecule has 0 saturated heterocycles. The van der Waals surface area contributed by atoms with Crippen molar-refractivity contribution in [3.05, 3.63) is 364 Å². The van der Waals surface area contributed by atoms with Crippen LogP contribution in [0, 0.1) is 0 Å². The van der Waals surface area contributed by atoms with Crippen molar-refractivity contribution < 1.29 is 17.7 Å². The largest absolute Gasteiger partial charge is 0.455 e. The van der Waals surface area contributed by atoms with Gasteiger partial charge in [-0.2, -0.15) is 0 Å². The van der Waals surface area contributed by atoms with Crippen molar-refractivity contribution in [3.63, 3.8) is 0 Å². The lowest BCUT2D eigenvalue weighted by Gasteiger charge is -2.15. The molecule has 6 aromatic heterocycles. The predicted octanol–water partition coefficient (Wildman–Crippen LogP) is 28.6. The average Bonchev–Trinajstić information content (AvgIpc) is 1.51. The Bertz CT molecular complexity index is 8240. The van der Waals surface area contributed by atoms with E-state index in [0.29, 0.717) is 40.5 Å². The van der Waals surface area contributed by atoms with Crippen molar-refractivity contribution in [2.45, 2.75) is 0 Å². The van der Waals surface area contributed by atoms with Crippen LogP contribution in [0.25, 0.3) is 255 Å². The van der Waals surface area contributed by atoms with E-state index in [2.05, 4.69) is 267 Å². The first kappa shape index (κ1) is 65.0. The highest BCUT2D eigenvalue weighted by Crippen LogP contribution is 2.50. The summed E-state index contributed by atoms with van der Waals surface area (Å²) >= 11 is 0. The Kier molecular flexibility index (Phi) is 14.5. The van der Waals surface area contributed by atoms with E-state index in [4.69, 9.17) is 47.6 Å². The lowest BCUT2D eigenvalue weighted by atomic mass is 9.88. The molecule has 0 aliphatic carbocycles. The number of furan rings is 4.